The molecule has 0 saturated carbocycles. The van der Waals surface area contributed by atoms with Crippen molar-refractivity contribution in [3.8, 4) is 0 Å². The average molecular weight is 351 g/mol. The third-order valence-corrected chi connectivity index (χ3v) is 4.12. The van der Waals surface area contributed by atoms with Crippen molar-refractivity contribution in [2.45, 2.75) is 6.54 Å². The van der Waals surface area contributed by atoms with E-state index in [9.17, 15) is 14.4 Å². The van der Waals surface area contributed by atoms with Gasteiger partial charge in [-0.05, 0) is 29.1 Å². The molecule has 1 heterocycles. The van der Waals surface area contributed by atoms with Crippen molar-refractivity contribution >= 4 is 22.7 Å². The van der Waals surface area contributed by atoms with Gasteiger partial charge in [0.2, 0.25) is 0 Å². The van der Waals surface area contributed by atoms with Gasteiger partial charge >= 0.3 is 11.9 Å². The van der Waals surface area contributed by atoms with E-state index in [1.165, 1.54) is 26.4 Å². The Morgan fingerprint density at radius 3 is 2.15 bits per heavy atom. The second-order valence-corrected chi connectivity index (χ2v) is 5.70. The van der Waals surface area contributed by atoms with Crippen molar-refractivity contribution < 1.29 is 19.1 Å². The number of methoxy groups -OCH3 is 2. The van der Waals surface area contributed by atoms with Crippen LogP contribution in [0.3, 0.4) is 0 Å². The highest BCUT2D eigenvalue weighted by Crippen LogP contribution is 2.20. The number of hydrogen-bond donors (Lipinski definition) is 0. The molecule has 0 N–H and O–H groups in total. The van der Waals surface area contributed by atoms with Crippen LogP contribution in [0.1, 0.15) is 26.3 Å². The normalized spacial score (nSPS) is 10.5. The summed E-state index contributed by atoms with van der Waals surface area (Å²) in [5, 5.41) is 0.879. The van der Waals surface area contributed by atoms with Crippen LogP contribution in [-0.2, 0) is 16.0 Å². The van der Waals surface area contributed by atoms with Crippen molar-refractivity contribution in [2.24, 2.45) is 0 Å². The fourth-order valence-electron chi connectivity index (χ4n) is 2.79. The third kappa shape index (κ3) is 3.21. The minimum Gasteiger partial charge on any atom is -0.465 e. The Kier molecular flexibility index (Phi) is 4.84. The van der Waals surface area contributed by atoms with Crippen LogP contribution in [0.5, 0.6) is 0 Å². The lowest BCUT2D eigenvalue weighted by atomic mass is 10.0. The zero-order chi connectivity index (χ0) is 18.7. The quantitative estimate of drug-likeness (QED) is 0.676. The van der Waals surface area contributed by atoms with Crippen molar-refractivity contribution in [3.05, 3.63) is 81.8 Å². The van der Waals surface area contributed by atoms with Gasteiger partial charge in [-0.15, -0.1) is 0 Å². The smallest absolute Gasteiger partial charge is 0.338 e. The SMILES string of the molecule is COC(=O)c1cc2ccn(Cc3ccccc3)c(=O)c2cc1C(=O)OC. The fourth-order valence-corrected chi connectivity index (χ4v) is 2.79. The Balaban J connectivity index is 2.17. The molecule has 0 aliphatic rings. The van der Waals surface area contributed by atoms with Crippen LogP contribution in [0.15, 0.2) is 59.5 Å². The largest absolute Gasteiger partial charge is 0.465 e. The molecule has 0 saturated heterocycles. The van der Waals surface area contributed by atoms with E-state index in [2.05, 4.69) is 0 Å². The molecule has 3 aromatic rings. The predicted molar refractivity (Wildman–Crippen MR) is 96.4 cm³/mol. The molecule has 0 spiro atoms. The van der Waals surface area contributed by atoms with Gasteiger partial charge in [0, 0.05) is 11.6 Å². The molecule has 0 aliphatic carbocycles. The number of nitrogens with zero attached hydrogens (tertiary/aromatic N) is 1. The molecule has 6 nitrogen and oxygen atoms in total. The summed E-state index contributed by atoms with van der Waals surface area (Å²) in [6, 6.07) is 14.2. The summed E-state index contributed by atoms with van der Waals surface area (Å²) in [6.45, 7) is 0.405. The van der Waals surface area contributed by atoms with Crippen LogP contribution in [0, 0.1) is 0 Å². The van der Waals surface area contributed by atoms with E-state index in [1.54, 1.807) is 16.8 Å². The minimum absolute atomic E-state index is 0.00131. The van der Waals surface area contributed by atoms with Crippen LogP contribution in [-0.4, -0.2) is 30.7 Å². The fraction of sp³-hybridized carbons (Fsp3) is 0.150. The Labute approximate surface area is 149 Å². The van der Waals surface area contributed by atoms with Crippen molar-refractivity contribution in [3.63, 3.8) is 0 Å². The van der Waals surface area contributed by atoms with Crippen LogP contribution in [0.25, 0.3) is 10.8 Å². The monoisotopic (exact) mass is 351 g/mol. The highest BCUT2D eigenvalue weighted by atomic mass is 16.5. The lowest BCUT2D eigenvalue weighted by Crippen LogP contribution is -2.21. The summed E-state index contributed by atoms with van der Waals surface area (Å²) in [5.74, 6) is -1.37. The zero-order valence-corrected chi connectivity index (χ0v) is 14.4. The number of ether oxygens (including phenoxy) is 2. The lowest BCUT2D eigenvalue weighted by molar-refractivity contribution is 0.0555. The van der Waals surface area contributed by atoms with Crippen LogP contribution in [0.2, 0.25) is 0 Å². The number of pyridine rings is 1. The van der Waals surface area contributed by atoms with Gasteiger partial charge in [-0.25, -0.2) is 9.59 Å². The summed E-state index contributed by atoms with van der Waals surface area (Å²) >= 11 is 0. The minimum atomic E-state index is -0.704. The maximum Gasteiger partial charge on any atom is 0.338 e. The summed E-state index contributed by atoms with van der Waals surface area (Å²) in [5.41, 5.74) is 0.787. The van der Waals surface area contributed by atoms with E-state index in [4.69, 9.17) is 9.47 Å². The molecule has 0 amide bonds. The summed E-state index contributed by atoms with van der Waals surface area (Å²) in [6.07, 6.45) is 1.66. The highest BCUT2D eigenvalue weighted by molar-refractivity contribution is 6.07. The standard InChI is InChI=1S/C20H17NO5/c1-25-19(23)16-10-14-8-9-21(12-13-6-4-3-5-7-13)18(22)15(14)11-17(16)20(24)26-2/h3-11H,12H2,1-2H3. The van der Waals surface area contributed by atoms with E-state index in [1.807, 2.05) is 30.3 Å². The molecule has 0 radical (unpaired) electrons. The van der Waals surface area contributed by atoms with E-state index in [0.717, 1.165) is 5.56 Å². The molecule has 0 aliphatic heterocycles. The number of esters is 2. The van der Waals surface area contributed by atoms with Gasteiger partial charge in [-0.2, -0.15) is 0 Å². The van der Waals surface area contributed by atoms with Gasteiger partial charge in [-0.3, -0.25) is 4.79 Å². The van der Waals surface area contributed by atoms with Gasteiger partial charge in [0.1, 0.15) is 0 Å². The number of aromatic nitrogens is 1. The number of carbonyl (C=O) groups excluding carboxylic acids is 2. The second kappa shape index (κ2) is 7.23. The Morgan fingerprint density at radius 2 is 1.54 bits per heavy atom. The maximum absolute atomic E-state index is 12.8. The number of hydrogen-bond acceptors (Lipinski definition) is 5. The molecular formula is C20H17NO5. The van der Waals surface area contributed by atoms with Crippen molar-refractivity contribution in [1.82, 2.24) is 4.57 Å². The lowest BCUT2D eigenvalue weighted by Gasteiger charge is -2.11. The Morgan fingerprint density at radius 1 is 0.923 bits per heavy atom. The Hall–Kier alpha value is -3.41. The first kappa shape index (κ1) is 17.4. The zero-order valence-electron chi connectivity index (χ0n) is 14.4. The first-order chi connectivity index (χ1) is 12.5. The first-order valence-electron chi connectivity index (χ1n) is 7.93. The van der Waals surface area contributed by atoms with E-state index in [-0.39, 0.29) is 16.7 Å². The average Bonchev–Trinajstić information content (AvgIpc) is 2.69. The van der Waals surface area contributed by atoms with Crippen LogP contribution in [0.4, 0.5) is 0 Å². The molecule has 0 unspecified atom stereocenters. The first-order valence-corrected chi connectivity index (χ1v) is 7.93. The van der Waals surface area contributed by atoms with Gasteiger partial charge in [0.25, 0.3) is 5.56 Å². The number of fused-ring (bicyclic) bond motifs is 1. The van der Waals surface area contributed by atoms with Gasteiger partial charge in [-0.1, -0.05) is 30.3 Å². The van der Waals surface area contributed by atoms with Gasteiger partial charge in [0.15, 0.2) is 0 Å². The number of rotatable bonds is 4. The molecule has 0 fully saturated rings. The summed E-state index contributed by atoms with van der Waals surface area (Å²) < 4.78 is 11.0. The maximum atomic E-state index is 12.8. The van der Waals surface area contributed by atoms with E-state index >= 15 is 0 Å². The summed E-state index contributed by atoms with van der Waals surface area (Å²) in [4.78, 5) is 36.9. The van der Waals surface area contributed by atoms with Crippen molar-refractivity contribution in [1.29, 1.82) is 0 Å². The number of benzene rings is 2. The van der Waals surface area contributed by atoms with E-state index in [0.29, 0.717) is 17.3 Å². The third-order valence-electron chi connectivity index (χ3n) is 4.12. The van der Waals surface area contributed by atoms with Gasteiger partial charge < -0.3 is 14.0 Å². The topological polar surface area (TPSA) is 74.6 Å². The highest BCUT2D eigenvalue weighted by Gasteiger charge is 2.20. The molecule has 0 atom stereocenters. The Bertz CT molecular complexity index is 1040. The summed E-state index contributed by atoms with van der Waals surface area (Å²) in [7, 11) is 2.44. The molecular weight excluding hydrogens is 334 g/mol. The molecule has 2 aromatic carbocycles. The molecule has 3 rings (SSSR count). The molecule has 1 aromatic heterocycles. The molecule has 6 heteroatoms. The number of carbonyl (C=O) groups is 2. The van der Waals surface area contributed by atoms with Crippen molar-refractivity contribution in [2.75, 3.05) is 14.2 Å². The second-order valence-electron chi connectivity index (χ2n) is 5.70. The predicted octanol–water partition coefficient (Wildman–Crippen LogP) is 2.62. The van der Waals surface area contributed by atoms with Gasteiger partial charge in [0.05, 0.1) is 31.9 Å². The van der Waals surface area contributed by atoms with Crippen LogP contribution >= 0.6 is 0 Å². The molecule has 132 valence electrons. The van der Waals surface area contributed by atoms with E-state index < -0.39 is 11.9 Å². The molecule has 0 bridgehead atoms. The van der Waals surface area contributed by atoms with Crippen LogP contribution < -0.4 is 5.56 Å². The molecule has 26 heavy (non-hydrogen) atoms.